The van der Waals surface area contributed by atoms with Crippen molar-refractivity contribution in [3.05, 3.63) is 64.4 Å². The Morgan fingerprint density at radius 2 is 1.89 bits per heavy atom. The minimum Gasteiger partial charge on any atom is -0.394 e. The molecule has 0 saturated carbocycles. The van der Waals surface area contributed by atoms with Crippen LogP contribution in [-0.4, -0.2) is 11.7 Å². The Kier molecular flexibility index (Phi) is 4.22. The molecule has 0 aliphatic rings. The number of aliphatic hydroxyl groups excluding tert-OH is 1. The summed E-state index contributed by atoms with van der Waals surface area (Å²) in [5, 5.41) is 12.9. The van der Waals surface area contributed by atoms with Crippen molar-refractivity contribution in [2.24, 2.45) is 0 Å². The summed E-state index contributed by atoms with van der Waals surface area (Å²) in [6, 6.07) is 13.9. The molecule has 0 aromatic heterocycles. The highest BCUT2D eigenvalue weighted by Gasteiger charge is 2.25. The van der Waals surface area contributed by atoms with Gasteiger partial charge in [0.15, 0.2) is 0 Å². The first-order valence-electron chi connectivity index (χ1n) is 5.94. The maximum Gasteiger partial charge on any atom is 0.123 e. The highest BCUT2D eigenvalue weighted by atomic mass is 79.9. The van der Waals surface area contributed by atoms with Gasteiger partial charge in [-0.15, -0.1) is 0 Å². The summed E-state index contributed by atoms with van der Waals surface area (Å²) < 4.78 is 14.3. The molecule has 2 aromatic carbocycles. The van der Waals surface area contributed by atoms with Gasteiger partial charge in [0.05, 0.1) is 12.1 Å². The number of nitrogens with one attached hydrogen (secondary N) is 1. The maximum atomic E-state index is 13.3. The molecular weight excluding hydrogens is 309 g/mol. The standard InChI is InChI=1S/C15H15BrFNO/c1-15(10-19,11-3-2-4-13(17)9-11)18-14-7-5-12(16)6-8-14/h2-9,18-19H,10H2,1H3. The lowest BCUT2D eigenvalue weighted by atomic mass is 9.92. The van der Waals surface area contributed by atoms with Crippen molar-refractivity contribution < 1.29 is 9.50 Å². The van der Waals surface area contributed by atoms with E-state index < -0.39 is 5.54 Å². The molecule has 0 heterocycles. The normalized spacial score (nSPS) is 13.9. The number of anilines is 1. The zero-order valence-corrected chi connectivity index (χ0v) is 12.1. The van der Waals surface area contributed by atoms with E-state index in [-0.39, 0.29) is 12.4 Å². The van der Waals surface area contributed by atoms with Crippen molar-refractivity contribution in [3.8, 4) is 0 Å². The first kappa shape index (κ1) is 14.0. The topological polar surface area (TPSA) is 32.3 Å². The number of hydrogen-bond donors (Lipinski definition) is 2. The summed E-state index contributed by atoms with van der Waals surface area (Å²) in [6.45, 7) is 1.70. The lowest BCUT2D eigenvalue weighted by molar-refractivity contribution is 0.224. The van der Waals surface area contributed by atoms with E-state index >= 15 is 0 Å². The molecule has 0 spiro atoms. The second-order valence-electron chi connectivity index (χ2n) is 4.63. The van der Waals surface area contributed by atoms with Gasteiger partial charge in [0.1, 0.15) is 5.82 Å². The van der Waals surface area contributed by atoms with Crippen molar-refractivity contribution in [1.29, 1.82) is 0 Å². The summed E-state index contributed by atoms with van der Waals surface area (Å²) in [4.78, 5) is 0. The molecule has 0 fully saturated rings. The minimum atomic E-state index is -0.726. The maximum absolute atomic E-state index is 13.3. The fourth-order valence-electron chi connectivity index (χ4n) is 1.89. The SMILES string of the molecule is CC(CO)(Nc1ccc(Br)cc1)c1cccc(F)c1. The van der Waals surface area contributed by atoms with Crippen LogP contribution in [0.1, 0.15) is 12.5 Å². The Hall–Kier alpha value is -1.39. The first-order valence-corrected chi connectivity index (χ1v) is 6.73. The van der Waals surface area contributed by atoms with Gasteiger partial charge in [-0.3, -0.25) is 0 Å². The van der Waals surface area contributed by atoms with Crippen LogP contribution in [0, 0.1) is 5.82 Å². The van der Waals surface area contributed by atoms with E-state index in [9.17, 15) is 9.50 Å². The lowest BCUT2D eigenvalue weighted by Crippen LogP contribution is -2.35. The average Bonchev–Trinajstić information content (AvgIpc) is 2.41. The third kappa shape index (κ3) is 3.33. The molecule has 19 heavy (non-hydrogen) atoms. The molecule has 0 amide bonds. The van der Waals surface area contributed by atoms with Gasteiger partial charge in [-0.1, -0.05) is 28.1 Å². The third-order valence-electron chi connectivity index (χ3n) is 3.04. The number of aliphatic hydroxyl groups is 1. The Morgan fingerprint density at radius 1 is 1.21 bits per heavy atom. The van der Waals surface area contributed by atoms with Gasteiger partial charge in [0.2, 0.25) is 0 Å². The van der Waals surface area contributed by atoms with E-state index in [1.54, 1.807) is 12.1 Å². The molecule has 1 unspecified atom stereocenters. The second-order valence-corrected chi connectivity index (χ2v) is 5.55. The molecule has 0 saturated heterocycles. The fraction of sp³-hybridized carbons (Fsp3) is 0.200. The zero-order chi connectivity index (χ0) is 13.9. The average molecular weight is 324 g/mol. The molecule has 4 heteroatoms. The van der Waals surface area contributed by atoms with Gasteiger partial charge in [-0.05, 0) is 48.9 Å². The van der Waals surface area contributed by atoms with E-state index in [1.165, 1.54) is 12.1 Å². The molecule has 1 atom stereocenters. The van der Waals surface area contributed by atoms with Crippen LogP contribution < -0.4 is 5.32 Å². The number of rotatable bonds is 4. The molecular formula is C15H15BrFNO. The van der Waals surface area contributed by atoms with Crippen LogP contribution in [0.3, 0.4) is 0 Å². The van der Waals surface area contributed by atoms with E-state index in [0.29, 0.717) is 5.56 Å². The van der Waals surface area contributed by atoms with Crippen LogP contribution in [0.5, 0.6) is 0 Å². The van der Waals surface area contributed by atoms with Crippen LogP contribution in [-0.2, 0) is 5.54 Å². The number of benzene rings is 2. The molecule has 0 bridgehead atoms. The Morgan fingerprint density at radius 3 is 2.47 bits per heavy atom. The van der Waals surface area contributed by atoms with Crippen molar-refractivity contribution in [3.63, 3.8) is 0 Å². The molecule has 0 aliphatic heterocycles. The monoisotopic (exact) mass is 323 g/mol. The van der Waals surface area contributed by atoms with Gasteiger partial charge < -0.3 is 10.4 Å². The lowest BCUT2D eigenvalue weighted by Gasteiger charge is -2.30. The molecule has 0 radical (unpaired) electrons. The second kappa shape index (κ2) is 5.72. The van der Waals surface area contributed by atoms with E-state index in [0.717, 1.165) is 10.2 Å². The van der Waals surface area contributed by atoms with Crippen LogP contribution in [0.15, 0.2) is 53.0 Å². The summed E-state index contributed by atoms with van der Waals surface area (Å²) >= 11 is 3.37. The third-order valence-corrected chi connectivity index (χ3v) is 3.57. The van der Waals surface area contributed by atoms with Crippen molar-refractivity contribution in [2.75, 3.05) is 11.9 Å². The van der Waals surface area contributed by atoms with Gasteiger partial charge in [0.25, 0.3) is 0 Å². The molecule has 2 nitrogen and oxygen atoms in total. The van der Waals surface area contributed by atoms with Gasteiger partial charge >= 0.3 is 0 Å². The summed E-state index contributed by atoms with van der Waals surface area (Å²) in [6.07, 6.45) is 0. The van der Waals surface area contributed by atoms with Crippen molar-refractivity contribution >= 4 is 21.6 Å². The highest BCUT2D eigenvalue weighted by molar-refractivity contribution is 9.10. The summed E-state index contributed by atoms with van der Waals surface area (Å²) in [5.74, 6) is -0.310. The van der Waals surface area contributed by atoms with Crippen LogP contribution >= 0.6 is 15.9 Å². The first-order chi connectivity index (χ1) is 9.03. The predicted molar refractivity (Wildman–Crippen MR) is 78.6 cm³/mol. The van der Waals surface area contributed by atoms with Gasteiger partial charge in [0, 0.05) is 10.2 Å². The van der Waals surface area contributed by atoms with Crippen LogP contribution in [0.25, 0.3) is 0 Å². The van der Waals surface area contributed by atoms with Crippen molar-refractivity contribution in [1.82, 2.24) is 0 Å². The zero-order valence-electron chi connectivity index (χ0n) is 10.5. The largest absolute Gasteiger partial charge is 0.394 e. The molecule has 100 valence electrons. The minimum absolute atomic E-state index is 0.132. The van der Waals surface area contributed by atoms with E-state index in [2.05, 4.69) is 21.2 Å². The fourth-order valence-corrected chi connectivity index (χ4v) is 2.15. The smallest absolute Gasteiger partial charge is 0.123 e. The number of halogens is 2. The van der Waals surface area contributed by atoms with Crippen molar-refractivity contribution in [2.45, 2.75) is 12.5 Å². The number of hydrogen-bond acceptors (Lipinski definition) is 2. The molecule has 2 aromatic rings. The van der Waals surface area contributed by atoms with E-state index in [4.69, 9.17) is 0 Å². The summed E-state index contributed by atoms with van der Waals surface area (Å²) in [5.41, 5.74) is 0.845. The highest BCUT2D eigenvalue weighted by Crippen LogP contribution is 2.27. The Balaban J connectivity index is 2.30. The molecule has 2 N–H and O–H groups in total. The van der Waals surface area contributed by atoms with Gasteiger partial charge in [-0.25, -0.2) is 4.39 Å². The van der Waals surface area contributed by atoms with Gasteiger partial charge in [-0.2, -0.15) is 0 Å². The quantitative estimate of drug-likeness (QED) is 0.894. The Bertz CT molecular complexity index is 558. The predicted octanol–water partition coefficient (Wildman–Crippen LogP) is 3.91. The van der Waals surface area contributed by atoms with Crippen LogP contribution in [0.2, 0.25) is 0 Å². The summed E-state index contributed by atoms with van der Waals surface area (Å²) in [7, 11) is 0. The molecule has 2 rings (SSSR count). The van der Waals surface area contributed by atoms with E-state index in [1.807, 2.05) is 31.2 Å². The molecule has 0 aliphatic carbocycles. The van der Waals surface area contributed by atoms with Crippen LogP contribution in [0.4, 0.5) is 10.1 Å². The Labute approximate surface area is 120 Å².